The van der Waals surface area contributed by atoms with Gasteiger partial charge in [-0.25, -0.2) is 9.59 Å². The Bertz CT molecular complexity index is 535. The van der Waals surface area contributed by atoms with Crippen LogP contribution in [0.1, 0.15) is 19.4 Å². The van der Waals surface area contributed by atoms with E-state index in [1.54, 1.807) is 26.0 Å². The zero-order valence-electron chi connectivity index (χ0n) is 11.3. The third-order valence-electron chi connectivity index (χ3n) is 2.72. The fourth-order valence-electron chi connectivity index (χ4n) is 1.56. The predicted octanol–water partition coefficient (Wildman–Crippen LogP) is 3.64. The van der Waals surface area contributed by atoms with Crippen molar-refractivity contribution in [2.45, 2.75) is 26.8 Å². The lowest BCUT2D eigenvalue weighted by atomic mass is 10.1. The van der Waals surface area contributed by atoms with E-state index in [-0.39, 0.29) is 5.92 Å². The maximum absolute atomic E-state index is 11.8. The number of nitrogens with one attached hydrogen (secondary N) is 2. The van der Waals surface area contributed by atoms with Crippen molar-refractivity contribution < 1.29 is 14.7 Å². The second-order valence-corrected chi connectivity index (χ2v) is 6.00. The van der Waals surface area contributed by atoms with Crippen LogP contribution < -0.4 is 10.6 Å². The highest BCUT2D eigenvalue weighted by atomic mass is 79.9. The molecule has 0 saturated heterocycles. The van der Waals surface area contributed by atoms with Crippen molar-refractivity contribution in [1.29, 1.82) is 0 Å². The van der Waals surface area contributed by atoms with Crippen LogP contribution in [0.4, 0.5) is 10.5 Å². The number of rotatable bonds is 4. The number of carbonyl (C=O) groups is 2. The number of carboxylic acids is 1. The van der Waals surface area contributed by atoms with Crippen molar-refractivity contribution >= 4 is 45.2 Å². The molecule has 0 aromatic heterocycles. The summed E-state index contributed by atoms with van der Waals surface area (Å²) in [7, 11) is 0. The number of aliphatic carboxylic acids is 1. The van der Waals surface area contributed by atoms with Crippen LogP contribution in [0.25, 0.3) is 0 Å². The number of benzene rings is 1. The molecule has 5 nitrogen and oxygen atoms in total. The minimum atomic E-state index is -1.07. The summed E-state index contributed by atoms with van der Waals surface area (Å²) in [5, 5.41) is 14.5. The summed E-state index contributed by atoms with van der Waals surface area (Å²) >= 11 is 9.31. The van der Waals surface area contributed by atoms with E-state index >= 15 is 0 Å². The van der Waals surface area contributed by atoms with E-state index in [1.165, 1.54) is 0 Å². The largest absolute Gasteiger partial charge is 0.480 e. The molecule has 1 atom stereocenters. The molecule has 0 radical (unpaired) electrons. The van der Waals surface area contributed by atoms with Gasteiger partial charge in [-0.2, -0.15) is 0 Å². The quantitative estimate of drug-likeness (QED) is 0.764. The van der Waals surface area contributed by atoms with Crippen LogP contribution >= 0.6 is 27.5 Å². The van der Waals surface area contributed by atoms with E-state index < -0.39 is 18.0 Å². The van der Waals surface area contributed by atoms with Gasteiger partial charge < -0.3 is 15.7 Å². The lowest BCUT2D eigenvalue weighted by Gasteiger charge is -2.18. The third kappa shape index (κ3) is 4.38. The van der Waals surface area contributed by atoms with Gasteiger partial charge in [-0.3, -0.25) is 0 Å². The van der Waals surface area contributed by atoms with E-state index in [2.05, 4.69) is 26.6 Å². The Balaban J connectivity index is 2.81. The second-order valence-electron chi connectivity index (χ2n) is 4.74. The van der Waals surface area contributed by atoms with Crippen LogP contribution in [-0.4, -0.2) is 23.1 Å². The Morgan fingerprint density at radius 2 is 1.95 bits per heavy atom. The number of carboxylic acid groups (broad SMARTS) is 1. The molecule has 0 saturated carbocycles. The van der Waals surface area contributed by atoms with Gasteiger partial charge in [0.15, 0.2) is 0 Å². The molecule has 0 aliphatic carbocycles. The number of aryl methyl sites for hydroxylation is 1. The van der Waals surface area contributed by atoms with Crippen molar-refractivity contribution in [1.82, 2.24) is 5.32 Å². The highest BCUT2D eigenvalue weighted by Crippen LogP contribution is 2.29. The molecular weight excluding hydrogens is 348 g/mol. The molecule has 0 heterocycles. The number of urea groups is 1. The molecule has 1 aromatic rings. The first-order chi connectivity index (χ1) is 9.22. The van der Waals surface area contributed by atoms with Crippen LogP contribution in [0.5, 0.6) is 0 Å². The summed E-state index contributed by atoms with van der Waals surface area (Å²) in [6.07, 6.45) is 0. The van der Waals surface area contributed by atoms with E-state index in [4.69, 9.17) is 16.7 Å². The Labute approximate surface area is 130 Å². The fraction of sp³-hybridized carbons (Fsp3) is 0.385. The molecule has 0 aliphatic heterocycles. The van der Waals surface area contributed by atoms with Crippen LogP contribution in [0.2, 0.25) is 5.02 Å². The highest BCUT2D eigenvalue weighted by molar-refractivity contribution is 9.10. The van der Waals surface area contributed by atoms with E-state index in [0.29, 0.717) is 15.2 Å². The Hall–Kier alpha value is -1.27. The van der Waals surface area contributed by atoms with Gasteiger partial charge in [-0.1, -0.05) is 25.4 Å². The summed E-state index contributed by atoms with van der Waals surface area (Å²) in [5.74, 6) is -1.29. The molecule has 20 heavy (non-hydrogen) atoms. The fourth-order valence-corrected chi connectivity index (χ4v) is 2.28. The van der Waals surface area contributed by atoms with Crippen LogP contribution in [0, 0.1) is 12.8 Å². The monoisotopic (exact) mass is 362 g/mol. The van der Waals surface area contributed by atoms with Gasteiger partial charge in [-0.05, 0) is 46.5 Å². The first kappa shape index (κ1) is 16.8. The van der Waals surface area contributed by atoms with Crippen molar-refractivity contribution in [3.63, 3.8) is 0 Å². The first-order valence-corrected chi connectivity index (χ1v) is 7.15. The number of hydrogen-bond donors (Lipinski definition) is 3. The van der Waals surface area contributed by atoms with Crippen molar-refractivity contribution in [2.75, 3.05) is 5.32 Å². The van der Waals surface area contributed by atoms with Gasteiger partial charge in [0, 0.05) is 9.50 Å². The summed E-state index contributed by atoms with van der Waals surface area (Å²) in [5.41, 5.74) is 1.35. The molecule has 0 fully saturated rings. The number of hydrogen-bond acceptors (Lipinski definition) is 2. The molecule has 1 aromatic carbocycles. The standard InChI is InChI=1S/C13H16BrClN2O3/c1-6(2)11(12(18)19)17-13(20)16-10-5-9(15)7(3)4-8(10)14/h4-6,11H,1-3H3,(H,18,19)(H2,16,17,20)/t11-/m0/s1. The van der Waals surface area contributed by atoms with Gasteiger partial charge in [0.2, 0.25) is 0 Å². The lowest BCUT2D eigenvalue weighted by molar-refractivity contribution is -0.140. The molecular formula is C13H16BrClN2O3. The normalized spacial score (nSPS) is 12.1. The summed E-state index contributed by atoms with van der Waals surface area (Å²) in [6.45, 7) is 5.28. The Morgan fingerprint density at radius 1 is 1.35 bits per heavy atom. The second kappa shape index (κ2) is 6.95. The first-order valence-electron chi connectivity index (χ1n) is 5.98. The van der Waals surface area contributed by atoms with Gasteiger partial charge >= 0.3 is 12.0 Å². The molecule has 1 rings (SSSR count). The predicted molar refractivity (Wildman–Crippen MR) is 82.3 cm³/mol. The van der Waals surface area contributed by atoms with Gasteiger partial charge in [0.1, 0.15) is 6.04 Å². The van der Waals surface area contributed by atoms with Crippen molar-refractivity contribution in [3.05, 3.63) is 27.2 Å². The molecule has 7 heteroatoms. The van der Waals surface area contributed by atoms with E-state index in [0.717, 1.165) is 5.56 Å². The maximum Gasteiger partial charge on any atom is 0.326 e. The highest BCUT2D eigenvalue weighted by Gasteiger charge is 2.23. The Kier molecular flexibility index (Phi) is 5.83. The van der Waals surface area contributed by atoms with Gasteiger partial charge in [0.05, 0.1) is 5.69 Å². The van der Waals surface area contributed by atoms with Crippen molar-refractivity contribution in [3.8, 4) is 0 Å². The third-order valence-corrected chi connectivity index (χ3v) is 3.78. The van der Waals surface area contributed by atoms with Crippen LogP contribution in [0.15, 0.2) is 16.6 Å². The average molecular weight is 364 g/mol. The SMILES string of the molecule is Cc1cc(Br)c(NC(=O)N[C@H](C(=O)O)C(C)C)cc1Cl. The van der Waals surface area contributed by atoms with Crippen LogP contribution in [-0.2, 0) is 4.79 Å². The smallest absolute Gasteiger partial charge is 0.326 e. The van der Waals surface area contributed by atoms with E-state index in [9.17, 15) is 9.59 Å². The van der Waals surface area contributed by atoms with Crippen LogP contribution in [0.3, 0.4) is 0 Å². The minimum absolute atomic E-state index is 0.219. The zero-order valence-corrected chi connectivity index (χ0v) is 13.7. The molecule has 0 spiro atoms. The molecule has 3 N–H and O–H groups in total. The van der Waals surface area contributed by atoms with Gasteiger partial charge in [0.25, 0.3) is 0 Å². The van der Waals surface area contributed by atoms with Crippen molar-refractivity contribution in [2.24, 2.45) is 5.92 Å². The lowest BCUT2D eigenvalue weighted by Crippen LogP contribution is -2.46. The summed E-state index contributed by atoms with van der Waals surface area (Å²) < 4.78 is 0.672. The topological polar surface area (TPSA) is 78.4 Å². The van der Waals surface area contributed by atoms with Gasteiger partial charge in [-0.15, -0.1) is 0 Å². The number of carbonyl (C=O) groups excluding carboxylic acids is 1. The number of anilines is 1. The molecule has 0 unspecified atom stereocenters. The molecule has 0 bridgehead atoms. The summed E-state index contributed by atoms with van der Waals surface area (Å²) in [6, 6.07) is 1.84. The zero-order chi connectivity index (χ0) is 15.4. The Morgan fingerprint density at radius 3 is 2.45 bits per heavy atom. The molecule has 2 amide bonds. The molecule has 110 valence electrons. The summed E-state index contributed by atoms with van der Waals surface area (Å²) in [4.78, 5) is 22.9. The molecule has 0 aliphatic rings. The van der Waals surface area contributed by atoms with E-state index in [1.807, 2.05) is 6.92 Å². The number of halogens is 2. The minimum Gasteiger partial charge on any atom is -0.480 e. The maximum atomic E-state index is 11.8. The number of amides is 2. The average Bonchev–Trinajstić information content (AvgIpc) is 2.32.